The van der Waals surface area contributed by atoms with Crippen molar-refractivity contribution in [3.05, 3.63) is 72.3 Å². The molecule has 1 aliphatic heterocycles. The largest absolute Gasteiger partial charge is 0.353 e. The molecule has 8 heteroatoms. The van der Waals surface area contributed by atoms with E-state index >= 15 is 0 Å². The number of nitrogens with zero attached hydrogens (tertiary/aromatic N) is 8. The summed E-state index contributed by atoms with van der Waals surface area (Å²) in [6.45, 7) is 8.73. The average Bonchev–Trinajstić information content (AvgIpc) is 2.84. The van der Waals surface area contributed by atoms with Crippen molar-refractivity contribution in [1.29, 1.82) is 0 Å². The molecule has 0 radical (unpaired) electrons. The first-order valence-corrected chi connectivity index (χ1v) is 11.1. The Morgan fingerprint density at radius 3 is 1.85 bits per heavy atom. The number of piperazine rings is 1. The average molecular weight is 439 g/mol. The van der Waals surface area contributed by atoms with E-state index in [0.29, 0.717) is 11.6 Å². The van der Waals surface area contributed by atoms with Gasteiger partial charge in [-0.05, 0) is 45.0 Å². The highest BCUT2D eigenvalue weighted by atomic mass is 15.3. The van der Waals surface area contributed by atoms with Crippen LogP contribution in [0, 0.1) is 13.8 Å². The first kappa shape index (κ1) is 20.9. The second kappa shape index (κ2) is 8.90. The summed E-state index contributed by atoms with van der Waals surface area (Å²) in [5.74, 6) is 3.19. The van der Waals surface area contributed by atoms with Gasteiger partial charge in [-0.3, -0.25) is 9.97 Å². The van der Waals surface area contributed by atoms with Crippen molar-refractivity contribution in [1.82, 2.24) is 29.9 Å². The van der Waals surface area contributed by atoms with E-state index in [-0.39, 0.29) is 6.04 Å². The van der Waals surface area contributed by atoms with Crippen LogP contribution in [0.1, 0.15) is 18.3 Å². The number of rotatable bonds is 4. The zero-order valence-corrected chi connectivity index (χ0v) is 19.0. The molecule has 0 N–H and O–H groups in total. The van der Waals surface area contributed by atoms with Gasteiger partial charge in [-0.15, -0.1) is 0 Å². The molecule has 0 amide bonds. The fourth-order valence-corrected chi connectivity index (χ4v) is 4.14. The van der Waals surface area contributed by atoms with Gasteiger partial charge in [0, 0.05) is 61.6 Å². The zero-order valence-electron chi connectivity index (χ0n) is 19.0. The normalized spacial score (nSPS) is 16.2. The lowest BCUT2D eigenvalue weighted by Crippen LogP contribution is -2.52. The summed E-state index contributed by atoms with van der Waals surface area (Å²) in [6.07, 6.45) is 3.54. The molecular weight excluding hydrogens is 412 g/mol. The third-order valence-corrected chi connectivity index (χ3v) is 5.72. The molecule has 0 bridgehead atoms. The highest BCUT2D eigenvalue weighted by Crippen LogP contribution is 2.25. The molecule has 5 rings (SSSR count). The summed E-state index contributed by atoms with van der Waals surface area (Å²) < 4.78 is 0. The van der Waals surface area contributed by atoms with Crippen LogP contribution in [-0.4, -0.2) is 55.6 Å². The summed E-state index contributed by atoms with van der Waals surface area (Å²) in [7, 11) is 0. The van der Waals surface area contributed by atoms with E-state index in [2.05, 4.69) is 36.7 Å². The summed E-state index contributed by atoms with van der Waals surface area (Å²) in [5.41, 5.74) is 3.43. The molecule has 0 aromatic carbocycles. The maximum absolute atomic E-state index is 4.84. The van der Waals surface area contributed by atoms with Crippen LogP contribution in [0.5, 0.6) is 0 Å². The second-order valence-corrected chi connectivity index (χ2v) is 8.30. The van der Waals surface area contributed by atoms with Gasteiger partial charge in [0.1, 0.15) is 23.0 Å². The van der Waals surface area contributed by atoms with Crippen LogP contribution >= 0.6 is 0 Å². The van der Waals surface area contributed by atoms with E-state index in [1.165, 1.54) is 0 Å². The van der Waals surface area contributed by atoms with Crippen LogP contribution < -0.4 is 9.80 Å². The standard InChI is InChI=1S/C25H26N8/c1-17-14-22(30-24(28-17)20-8-4-6-10-26-20)32-12-13-33(19(3)16-32)23-15-18(2)29-25(31-23)21-9-5-7-11-27-21/h4-11,14-15,19H,12-13,16H2,1-3H3/t19-/m0/s1. The molecule has 0 saturated carbocycles. The molecule has 33 heavy (non-hydrogen) atoms. The predicted octanol–water partition coefficient (Wildman–Crippen LogP) is 3.72. The Morgan fingerprint density at radius 1 is 0.727 bits per heavy atom. The maximum atomic E-state index is 4.84. The van der Waals surface area contributed by atoms with Crippen LogP contribution in [0.4, 0.5) is 11.6 Å². The summed E-state index contributed by atoms with van der Waals surface area (Å²) >= 11 is 0. The molecule has 4 aromatic rings. The van der Waals surface area contributed by atoms with E-state index in [1.807, 2.05) is 62.4 Å². The quantitative estimate of drug-likeness (QED) is 0.477. The van der Waals surface area contributed by atoms with Gasteiger partial charge in [0.2, 0.25) is 0 Å². The number of hydrogen-bond donors (Lipinski definition) is 0. The number of hydrogen-bond acceptors (Lipinski definition) is 8. The maximum Gasteiger partial charge on any atom is 0.180 e. The van der Waals surface area contributed by atoms with Crippen molar-refractivity contribution in [2.75, 3.05) is 29.4 Å². The van der Waals surface area contributed by atoms with Gasteiger partial charge in [-0.2, -0.15) is 0 Å². The van der Waals surface area contributed by atoms with Crippen LogP contribution in [0.3, 0.4) is 0 Å². The van der Waals surface area contributed by atoms with Gasteiger partial charge in [0.15, 0.2) is 11.6 Å². The van der Waals surface area contributed by atoms with Gasteiger partial charge in [0.05, 0.1) is 0 Å². The molecule has 4 aromatic heterocycles. The molecule has 1 aliphatic rings. The third-order valence-electron chi connectivity index (χ3n) is 5.72. The van der Waals surface area contributed by atoms with Crippen molar-refractivity contribution in [2.45, 2.75) is 26.8 Å². The summed E-state index contributed by atoms with van der Waals surface area (Å²) in [4.78, 5) is 32.4. The minimum Gasteiger partial charge on any atom is -0.353 e. The Hall–Kier alpha value is -3.94. The highest BCUT2D eigenvalue weighted by Gasteiger charge is 2.27. The van der Waals surface area contributed by atoms with Crippen LogP contribution in [0.25, 0.3) is 23.0 Å². The number of anilines is 2. The molecule has 0 unspecified atom stereocenters. The third kappa shape index (κ3) is 4.50. The highest BCUT2D eigenvalue weighted by molar-refractivity contribution is 5.56. The van der Waals surface area contributed by atoms with Crippen LogP contribution in [0.2, 0.25) is 0 Å². The minimum atomic E-state index is 0.248. The minimum absolute atomic E-state index is 0.248. The summed E-state index contributed by atoms with van der Waals surface area (Å²) in [6, 6.07) is 15.9. The first-order valence-electron chi connectivity index (χ1n) is 11.1. The van der Waals surface area contributed by atoms with E-state index < -0.39 is 0 Å². The molecule has 0 spiro atoms. The van der Waals surface area contributed by atoms with E-state index in [0.717, 1.165) is 54.0 Å². The molecule has 8 nitrogen and oxygen atoms in total. The lowest BCUT2D eigenvalue weighted by atomic mass is 10.1. The number of aromatic nitrogens is 6. The topological polar surface area (TPSA) is 83.8 Å². The number of aryl methyl sites for hydroxylation is 2. The zero-order chi connectivity index (χ0) is 22.8. The SMILES string of the molecule is Cc1cc(N2CCN(c3cc(C)nc(-c4ccccn4)n3)[C@@H](C)C2)nc(-c2ccccn2)n1. The molecule has 1 fully saturated rings. The van der Waals surface area contributed by atoms with E-state index in [9.17, 15) is 0 Å². The predicted molar refractivity (Wildman–Crippen MR) is 129 cm³/mol. The first-order chi connectivity index (χ1) is 16.1. The molecule has 0 aliphatic carbocycles. The fourth-order valence-electron chi connectivity index (χ4n) is 4.14. The van der Waals surface area contributed by atoms with Crippen molar-refractivity contribution >= 4 is 11.6 Å². The Morgan fingerprint density at radius 2 is 1.30 bits per heavy atom. The fraction of sp³-hybridized carbons (Fsp3) is 0.280. The molecular formula is C25H26N8. The van der Waals surface area contributed by atoms with Gasteiger partial charge in [-0.1, -0.05) is 12.1 Å². The molecule has 5 heterocycles. The second-order valence-electron chi connectivity index (χ2n) is 8.30. The smallest absolute Gasteiger partial charge is 0.180 e. The lowest BCUT2D eigenvalue weighted by molar-refractivity contribution is 0.542. The summed E-state index contributed by atoms with van der Waals surface area (Å²) in [5, 5.41) is 0. The number of pyridine rings is 2. The van der Waals surface area contributed by atoms with Crippen LogP contribution in [-0.2, 0) is 0 Å². The Bertz CT molecular complexity index is 1250. The monoisotopic (exact) mass is 438 g/mol. The van der Waals surface area contributed by atoms with Gasteiger partial charge in [-0.25, -0.2) is 19.9 Å². The van der Waals surface area contributed by atoms with Crippen molar-refractivity contribution in [2.24, 2.45) is 0 Å². The van der Waals surface area contributed by atoms with Crippen molar-refractivity contribution in [3.63, 3.8) is 0 Å². The van der Waals surface area contributed by atoms with Gasteiger partial charge in [0.25, 0.3) is 0 Å². The van der Waals surface area contributed by atoms with E-state index in [1.54, 1.807) is 12.4 Å². The molecule has 1 atom stereocenters. The Labute approximate surface area is 193 Å². The lowest BCUT2D eigenvalue weighted by Gasteiger charge is -2.41. The molecule has 1 saturated heterocycles. The van der Waals surface area contributed by atoms with Crippen molar-refractivity contribution in [3.8, 4) is 23.0 Å². The Kier molecular flexibility index (Phi) is 5.64. The van der Waals surface area contributed by atoms with E-state index in [4.69, 9.17) is 9.97 Å². The van der Waals surface area contributed by atoms with Crippen molar-refractivity contribution < 1.29 is 0 Å². The molecule has 166 valence electrons. The van der Waals surface area contributed by atoms with Gasteiger partial charge >= 0.3 is 0 Å². The van der Waals surface area contributed by atoms with Crippen LogP contribution in [0.15, 0.2) is 60.9 Å². The Balaban J connectivity index is 1.38. The van der Waals surface area contributed by atoms with Gasteiger partial charge < -0.3 is 9.80 Å².